The van der Waals surface area contributed by atoms with Gasteiger partial charge < -0.3 is 19.9 Å². The summed E-state index contributed by atoms with van der Waals surface area (Å²) >= 11 is 0. The van der Waals surface area contributed by atoms with E-state index in [0.717, 1.165) is 22.4 Å². The number of amides is 1. The molecule has 0 spiro atoms. The molecule has 3 aromatic rings. The first kappa shape index (κ1) is 21.9. The van der Waals surface area contributed by atoms with Gasteiger partial charge in [0, 0.05) is 19.7 Å². The third-order valence-corrected chi connectivity index (χ3v) is 5.47. The van der Waals surface area contributed by atoms with E-state index in [2.05, 4.69) is 34.5 Å². The van der Waals surface area contributed by atoms with E-state index in [9.17, 15) is 9.90 Å². The molecule has 6 nitrogen and oxygen atoms in total. The summed E-state index contributed by atoms with van der Waals surface area (Å²) in [7, 11) is 0. The summed E-state index contributed by atoms with van der Waals surface area (Å²) in [5, 5.41) is 12.5. The Balaban J connectivity index is 1.49. The summed E-state index contributed by atoms with van der Waals surface area (Å²) in [6.45, 7) is 1.53. The van der Waals surface area contributed by atoms with Crippen molar-refractivity contribution in [2.45, 2.75) is 19.0 Å². The van der Waals surface area contributed by atoms with Crippen LogP contribution in [0.1, 0.15) is 29.2 Å². The Kier molecular flexibility index (Phi) is 7.38. The van der Waals surface area contributed by atoms with Crippen LogP contribution in [0, 0.1) is 0 Å². The third-order valence-electron chi connectivity index (χ3n) is 5.47. The third kappa shape index (κ3) is 5.46. The molecule has 6 heteroatoms. The van der Waals surface area contributed by atoms with Crippen molar-refractivity contribution in [1.82, 2.24) is 10.2 Å². The monoisotopic (exact) mass is 432 g/mol. The summed E-state index contributed by atoms with van der Waals surface area (Å²) in [6, 6.07) is 25.9. The number of nitrogens with one attached hydrogen (secondary N) is 1. The van der Waals surface area contributed by atoms with Crippen LogP contribution in [0.2, 0.25) is 0 Å². The van der Waals surface area contributed by atoms with E-state index in [1.165, 1.54) is 0 Å². The summed E-state index contributed by atoms with van der Waals surface area (Å²) in [4.78, 5) is 15.0. The lowest BCUT2D eigenvalue weighted by Crippen LogP contribution is -2.40. The van der Waals surface area contributed by atoms with Gasteiger partial charge in [-0.25, -0.2) is 0 Å². The van der Waals surface area contributed by atoms with Crippen LogP contribution in [0.25, 0.3) is 0 Å². The van der Waals surface area contributed by atoms with Gasteiger partial charge in [-0.05, 0) is 35.2 Å². The molecule has 0 aliphatic carbocycles. The smallest absolute Gasteiger partial charge is 0.234 e. The maximum absolute atomic E-state index is 12.9. The van der Waals surface area contributed by atoms with Gasteiger partial charge in [0.25, 0.3) is 0 Å². The normalized spacial score (nSPS) is 12.3. The molecule has 0 saturated heterocycles. The molecule has 0 saturated carbocycles. The molecule has 3 aromatic carbocycles. The second kappa shape index (κ2) is 10.8. The zero-order valence-electron chi connectivity index (χ0n) is 17.9. The molecule has 0 radical (unpaired) electrons. The van der Waals surface area contributed by atoms with Gasteiger partial charge in [-0.1, -0.05) is 66.7 Å². The number of hydrogen-bond donors (Lipinski definition) is 2. The molecule has 0 bridgehead atoms. The number of ether oxygens (including phenoxy) is 2. The lowest BCUT2D eigenvalue weighted by atomic mass is 9.96. The Hall–Kier alpha value is -3.35. The van der Waals surface area contributed by atoms with Crippen molar-refractivity contribution in [3.8, 4) is 11.5 Å². The Morgan fingerprint density at radius 1 is 0.938 bits per heavy atom. The fourth-order valence-corrected chi connectivity index (χ4v) is 3.95. The van der Waals surface area contributed by atoms with Crippen molar-refractivity contribution in [3.05, 3.63) is 95.6 Å². The number of hydrogen-bond acceptors (Lipinski definition) is 5. The Morgan fingerprint density at radius 3 is 2.25 bits per heavy atom. The van der Waals surface area contributed by atoms with Gasteiger partial charge in [0.15, 0.2) is 11.5 Å². The number of carbonyl (C=O) groups is 1. The minimum absolute atomic E-state index is 0.0718. The van der Waals surface area contributed by atoms with E-state index in [4.69, 9.17) is 9.47 Å². The zero-order valence-corrected chi connectivity index (χ0v) is 17.9. The quantitative estimate of drug-likeness (QED) is 0.513. The number of nitrogens with zero attached hydrogens (tertiary/aromatic N) is 1. The van der Waals surface area contributed by atoms with Crippen molar-refractivity contribution in [2.24, 2.45) is 0 Å². The average molecular weight is 433 g/mol. The Labute approximate surface area is 188 Å². The molecule has 1 aliphatic rings. The maximum atomic E-state index is 12.9. The molecule has 1 aliphatic heterocycles. The van der Waals surface area contributed by atoms with Gasteiger partial charge in [-0.15, -0.1) is 0 Å². The first-order valence-electron chi connectivity index (χ1n) is 10.8. The van der Waals surface area contributed by atoms with Crippen molar-refractivity contribution in [2.75, 3.05) is 26.5 Å². The first-order valence-corrected chi connectivity index (χ1v) is 10.8. The number of fused-ring (bicyclic) bond motifs is 1. The highest BCUT2D eigenvalue weighted by molar-refractivity contribution is 5.78. The van der Waals surface area contributed by atoms with Crippen LogP contribution in [0.5, 0.6) is 11.5 Å². The molecule has 32 heavy (non-hydrogen) atoms. The molecular formula is C26H28N2O4. The summed E-state index contributed by atoms with van der Waals surface area (Å²) < 4.78 is 10.8. The van der Waals surface area contributed by atoms with Crippen LogP contribution >= 0.6 is 0 Å². The van der Waals surface area contributed by atoms with Crippen LogP contribution < -0.4 is 14.8 Å². The summed E-state index contributed by atoms with van der Waals surface area (Å²) in [6.07, 6.45) is 0.589. The summed E-state index contributed by atoms with van der Waals surface area (Å²) in [5.41, 5.74) is 3.17. The van der Waals surface area contributed by atoms with E-state index < -0.39 is 0 Å². The molecule has 1 heterocycles. The number of aliphatic hydroxyl groups excluding tert-OH is 1. The number of aliphatic hydroxyl groups is 1. The van der Waals surface area contributed by atoms with E-state index in [0.29, 0.717) is 25.3 Å². The molecule has 0 unspecified atom stereocenters. The first-order chi connectivity index (χ1) is 15.7. The maximum Gasteiger partial charge on any atom is 0.234 e. The van der Waals surface area contributed by atoms with Gasteiger partial charge in [-0.2, -0.15) is 0 Å². The number of rotatable bonds is 10. The standard InChI is InChI=1S/C26H28N2O4/c29-15-7-14-28(26(21-8-3-1-4-9-21)22-10-5-2-6-11-22)18-25(30)27-17-20-12-13-23-24(16-20)32-19-31-23/h1-6,8-13,16,26,29H,7,14-15,17-19H2,(H,27,30). The highest BCUT2D eigenvalue weighted by Crippen LogP contribution is 2.32. The summed E-state index contributed by atoms with van der Waals surface area (Å²) in [5.74, 6) is 1.36. The van der Waals surface area contributed by atoms with Gasteiger partial charge in [0.05, 0.1) is 12.6 Å². The molecule has 0 atom stereocenters. The Bertz CT molecular complexity index is 971. The second-order valence-corrected chi connectivity index (χ2v) is 7.74. The SMILES string of the molecule is O=C(CN(CCCO)C(c1ccccc1)c1ccccc1)NCc1ccc2c(c1)OCO2. The molecule has 1 amide bonds. The van der Waals surface area contributed by atoms with Gasteiger partial charge in [0.1, 0.15) is 0 Å². The molecule has 2 N–H and O–H groups in total. The van der Waals surface area contributed by atoms with Crippen LogP contribution in [-0.2, 0) is 11.3 Å². The Morgan fingerprint density at radius 2 is 1.59 bits per heavy atom. The predicted octanol–water partition coefficient (Wildman–Crippen LogP) is 3.51. The molecular weight excluding hydrogens is 404 g/mol. The second-order valence-electron chi connectivity index (χ2n) is 7.74. The predicted molar refractivity (Wildman–Crippen MR) is 122 cm³/mol. The van der Waals surface area contributed by atoms with Crippen LogP contribution in [0.4, 0.5) is 0 Å². The van der Waals surface area contributed by atoms with Crippen molar-refractivity contribution in [3.63, 3.8) is 0 Å². The van der Waals surface area contributed by atoms with Gasteiger partial charge in [-0.3, -0.25) is 9.69 Å². The van der Waals surface area contributed by atoms with Gasteiger partial charge in [0.2, 0.25) is 12.7 Å². The molecule has 0 aromatic heterocycles. The molecule has 166 valence electrons. The van der Waals surface area contributed by atoms with E-state index in [1.54, 1.807) is 0 Å². The number of carbonyl (C=O) groups excluding carboxylic acids is 1. The lowest BCUT2D eigenvalue weighted by molar-refractivity contribution is -0.122. The van der Waals surface area contributed by atoms with Crippen LogP contribution in [-0.4, -0.2) is 42.4 Å². The largest absolute Gasteiger partial charge is 0.454 e. The van der Waals surface area contributed by atoms with Crippen LogP contribution in [0.15, 0.2) is 78.9 Å². The van der Waals surface area contributed by atoms with E-state index in [1.807, 2.05) is 54.6 Å². The molecule has 0 fully saturated rings. The van der Waals surface area contributed by atoms with Crippen molar-refractivity contribution < 1.29 is 19.4 Å². The van der Waals surface area contributed by atoms with E-state index >= 15 is 0 Å². The fourth-order valence-electron chi connectivity index (χ4n) is 3.95. The fraction of sp³-hybridized carbons (Fsp3) is 0.269. The lowest BCUT2D eigenvalue weighted by Gasteiger charge is -2.32. The van der Waals surface area contributed by atoms with Crippen LogP contribution in [0.3, 0.4) is 0 Å². The number of benzene rings is 3. The average Bonchev–Trinajstić information content (AvgIpc) is 3.31. The minimum atomic E-state index is -0.0831. The van der Waals surface area contributed by atoms with E-state index in [-0.39, 0.29) is 31.9 Å². The highest BCUT2D eigenvalue weighted by atomic mass is 16.7. The minimum Gasteiger partial charge on any atom is -0.454 e. The van der Waals surface area contributed by atoms with Crippen molar-refractivity contribution >= 4 is 5.91 Å². The zero-order chi connectivity index (χ0) is 22.2. The van der Waals surface area contributed by atoms with Gasteiger partial charge >= 0.3 is 0 Å². The topological polar surface area (TPSA) is 71.0 Å². The highest BCUT2D eigenvalue weighted by Gasteiger charge is 2.24. The molecule has 4 rings (SSSR count). The van der Waals surface area contributed by atoms with Crippen molar-refractivity contribution in [1.29, 1.82) is 0 Å².